The number of nitrogens with zero attached hydrogens (tertiary/aromatic N) is 5. The second kappa shape index (κ2) is 12.1. The van der Waals surface area contributed by atoms with Crippen LogP contribution in [-0.2, 0) is 24.9 Å². The summed E-state index contributed by atoms with van der Waals surface area (Å²) in [4.78, 5) is 18.9. The van der Waals surface area contributed by atoms with Crippen molar-refractivity contribution in [2.45, 2.75) is 52.1 Å². The fourth-order valence-corrected chi connectivity index (χ4v) is 3.60. The lowest BCUT2D eigenvalue weighted by atomic mass is 10.2. The van der Waals surface area contributed by atoms with Crippen LogP contribution in [0.3, 0.4) is 0 Å². The molecular weight excluding hydrogens is 406 g/mol. The van der Waals surface area contributed by atoms with E-state index in [0.717, 1.165) is 68.3 Å². The van der Waals surface area contributed by atoms with E-state index >= 15 is 0 Å². The number of guanidine groups is 1. The van der Waals surface area contributed by atoms with Gasteiger partial charge in [0.1, 0.15) is 11.6 Å². The summed E-state index contributed by atoms with van der Waals surface area (Å²) in [7, 11) is 3.61. The SMILES string of the molecule is COc1ccc(CN=C(NCCCN2CCCCCC2=O)NCc2nnc(C)n2C)cc1. The Balaban J connectivity index is 1.55. The quantitative estimate of drug-likeness (QED) is 0.352. The van der Waals surface area contributed by atoms with Crippen LogP contribution in [0, 0.1) is 6.92 Å². The number of hydrogen-bond donors (Lipinski definition) is 2. The van der Waals surface area contributed by atoms with Crippen molar-refractivity contribution in [3.8, 4) is 5.75 Å². The van der Waals surface area contributed by atoms with Gasteiger partial charge in [0.2, 0.25) is 5.91 Å². The minimum absolute atomic E-state index is 0.284. The Bertz CT molecular complexity index is 892. The van der Waals surface area contributed by atoms with E-state index < -0.39 is 0 Å². The largest absolute Gasteiger partial charge is 0.497 e. The number of likely N-dealkylation sites (tertiary alicyclic amines) is 1. The third kappa shape index (κ3) is 6.96. The average molecular weight is 442 g/mol. The molecule has 1 saturated heterocycles. The molecule has 0 atom stereocenters. The van der Waals surface area contributed by atoms with E-state index in [9.17, 15) is 4.79 Å². The fraction of sp³-hybridized carbons (Fsp3) is 0.565. The van der Waals surface area contributed by atoms with Gasteiger partial charge in [-0.2, -0.15) is 0 Å². The van der Waals surface area contributed by atoms with E-state index in [1.807, 2.05) is 47.7 Å². The van der Waals surface area contributed by atoms with Gasteiger partial charge in [-0.3, -0.25) is 4.79 Å². The van der Waals surface area contributed by atoms with Crippen LogP contribution in [0.15, 0.2) is 29.3 Å². The monoisotopic (exact) mass is 441 g/mol. The van der Waals surface area contributed by atoms with E-state index in [1.165, 1.54) is 0 Å². The number of aromatic nitrogens is 3. The molecule has 0 bridgehead atoms. The van der Waals surface area contributed by atoms with Crippen LogP contribution in [0.4, 0.5) is 0 Å². The smallest absolute Gasteiger partial charge is 0.222 e. The Morgan fingerprint density at radius 2 is 1.97 bits per heavy atom. The summed E-state index contributed by atoms with van der Waals surface area (Å²) in [5, 5.41) is 15.1. The number of carbonyl (C=O) groups is 1. The van der Waals surface area contributed by atoms with Gasteiger partial charge < -0.3 is 24.8 Å². The summed E-state index contributed by atoms with van der Waals surface area (Å²) in [6.07, 6.45) is 4.82. The molecule has 9 nitrogen and oxygen atoms in total. The van der Waals surface area contributed by atoms with Crippen LogP contribution in [0.25, 0.3) is 0 Å². The highest BCUT2D eigenvalue weighted by atomic mass is 16.5. The first-order chi connectivity index (χ1) is 15.6. The van der Waals surface area contributed by atoms with Crippen LogP contribution in [0.5, 0.6) is 5.75 Å². The lowest BCUT2D eigenvalue weighted by Crippen LogP contribution is -2.39. The number of benzene rings is 1. The van der Waals surface area contributed by atoms with Crippen LogP contribution in [-0.4, -0.2) is 58.3 Å². The van der Waals surface area contributed by atoms with Gasteiger partial charge in [0.05, 0.1) is 20.2 Å². The van der Waals surface area contributed by atoms with Crippen molar-refractivity contribution in [1.29, 1.82) is 0 Å². The molecule has 9 heteroatoms. The summed E-state index contributed by atoms with van der Waals surface area (Å²) < 4.78 is 7.18. The molecule has 1 aromatic heterocycles. The van der Waals surface area contributed by atoms with Crippen molar-refractivity contribution in [2.24, 2.45) is 12.0 Å². The van der Waals surface area contributed by atoms with Gasteiger partial charge in [0.15, 0.2) is 11.8 Å². The van der Waals surface area contributed by atoms with E-state index in [4.69, 9.17) is 9.73 Å². The maximum atomic E-state index is 12.2. The summed E-state index contributed by atoms with van der Waals surface area (Å²) in [5.74, 6) is 3.54. The molecule has 0 aliphatic carbocycles. The Morgan fingerprint density at radius 1 is 1.16 bits per heavy atom. The highest BCUT2D eigenvalue weighted by Crippen LogP contribution is 2.12. The highest BCUT2D eigenvalue weighted by Gasteiger charge is 2.15. The van der Waals surface area contributed by atoms with Crippen molar-refractivity contribution in [3.05, 3.63) is 41.5 Å². The second-order valence-corrected chi connectivity index (χ2v) is 8.06. The van der Waals surface area contributed by atoms with Gasteiger partial charge >= 0.3 is 0 Å². The zero-order valence-electron chi connectivity index (χ0n) is 19.4. The molecule has 0 saturated carbocycles. The topological polar surface area (TPSA) is 96.7 Å². The van der Waals surface area contributed by atoms with Crippen molar-refractivity contribution in [1.82, 2.24) is 30.3 Å². The zero-order valence-corrected chi connectivity index (χ0v) is 19.4. The second-order valence-electron chi connectivity index (χ2n) is 8.06. The van der Waals surface area contributed by atoms with Gasteiger partial charge in [-0.15, -0.1) is 10.2 Å². The predicted molar refractivity (Wildman–Crippen MR) is 124 cm³/mol. The molecule has 2 heterocycles. The first-order valence-electron chi connectivity index (χ1n) is 11.3. The highest BCUT2D eigenvalue weighted by molar-refractivity contribution is 5.79. The number of amides is 1. The van der Waals surface area contributed by atoms with Crippen LogP contribution in [0.2, 0.25) is 0 Å². The van der Waals surface area contributed by atoms with E-state index in [2.05, 4.69) is 20.8 Å². The average Bonchev–Trinajstić information content (AvgIpc) is 2.99. The first kappa shape index (κ1) is 23.6. The summed E-state index contributed by atoms with van der Waals surface area (Å²) in [6.45, 7) is 5.38. The maximum Gasteiger partial charge on any atom is 0.222 e. The Morgan fingerprint density at radius 3 is 2.69 bits per heavy atom. The lowest BCUT2D eigenvalue weighted by Gasteiger charge is -2.21. The number of rotatable bonds is 9. The number of ether oxygens (including phenoxy) is 1. The third-order valence-corrected chi connectivity index (χ3v) is 5.74. The van der Waals surface area contributed by atoms with Crippen LogP contribution < -0.4 is 15.4 Å². The van der Waals surface area contributed by atoms with Gasteiger partial charge in [0, 0.05) is 33.1 Å². The molecule has 3 rings (SSSR count). The maximum absolute atomic E-state index is 12.2. The molecule has 2 aromatic rings. The van der Waals surface area contributed by atoms with Gasteiger partial charge in [-0.05, 0) is 43.9 Å². The molecule has 0 spiro atoms. The van der Waals surface area contributed by atoms with Crippen molar-refractivity contribution < 1.29 is 9.53 Å². The van der Waals surface area contributed by atoms with Crippen molar-refractivity contribution >= 4 is 11.9 Å². The third-order valence-electron chi connectivity index (χ3n) is 5.74. The normalized spacial score (nSPS) is 14.9. The molecule has 1 amide bonds. The summed E-state index contributed by atoms with van der Waals surface area (Å²) >= 11 is 0. The molecule has 2 N–H and O–H groups in total. The predicted octanol–water partition coefficient (Wildman–Crippen LogP) is 2.16. The van der Waals surface area contributed by atoms with E-state index in [-0.39, 0.29) is 5.91 Å². The summed E-state index contributed by atoms with van der Waals surface area (Å²) in [5.41, 5.74) is 1.09. The van der Waals surface area contributed by atoms with Crippen LogP contribution >= 0.6 is 0 Å². The molecule has 1 aromatic carbocycles. The number of carbonyl (C=O) groups excluding carboxylic acids is 1. The summed E-state index contributed by atoms with van der Waals surface area (Å²) in [6, 6.07) is 7.89. The minimum Gasteiger partial charge on any atom is -0.497 e. The van der Waals surface area contributed by atoms with E-state index in [1.54, 1.807) is 7.11 Å². The van der Waals surface area contributed by atoms with Crippen molar-refractivity contribution in [3.63, 3.8) is 0 Å². The van der Waals surface area contributed by atoms with E-state index in [0.29, 0.717) is 25.5 Å². The molecule has 1 aliphatic heterocycles. The molecule has 174 valence electrons. The molecule has 0 unspecified atom stereocenters. The molecule has 32 heavy (non-hydrogen) atoms. The zero-order chi connectivity index (χ0) is 22.8. The fourth-order valence-electron chi connectivity index (χ4n) is 3.60. The number of hydrogen-bond acceptors (Lipinski definition) is 5. The minimum atomic E-state index is 0.284. The lowest BCUT2D eigenvalue weighted by molar-refractivity contribution is -0.130. The molecule has 1 aliphatic rings. The Labute approximate surface area is 190 Å². The number of methoxy groups -OCH3 is 1. The van der Waals surface area contributed by atoms with Gasteiger partial charge in [0.25, 0.3) is 0 Å². The van der Waals surface area contributed by atoms with Crippen LogP contribution in [0.1, 0.15) is 49.3 Å². The molecule has 1 fully saturated rings. The van der Waals surface area contributed by atoms with Crippen molar-refractivity contribution in [2.75, 3.05) is 26.7 Å². The number of nitrogens with one attached hydrogen (secondary N) is 2. The number of aliphatic imine (C=N–C) groups is 1. The van der Waals surface area contributed by atoms with Gasteiger partial charge in [-0.1, -0.05) is 18.6 Å². The van der Waals surface area contributed by atoms with Gasteiger partial charge in [-0.25, -0.2) is 4.99 Å². The standard InChI is InChI=1S/C23H35N7O2/c1-18-27-28-21(29(18)2)17-26-23(25-16-19-9-11-20(32-3)12-10-19)24-13-7-15-30-14-6-4-5-8-22(30)31/h9-12H,4-8,13-17H2,1-3H3,(H2,24,25,26). The molecular formula is C23H35N7O2. The first-order valence-corrected chi connectivity index (χ1v) is 11.3. The Kier molecular flexibility index (Phi) is 8.89. The number of aryl methyl sites for hydroxylation is 1. The molecule has 0 radical (unpaired) electrons. The Hall–Kier alpha value is -3.10.